The van der Waals surface area contributed by atoms with Crippen LogP contribution in [-0.4, -0.2) is 44.2 Å². The molecule has 1 aliphatic rings. The Bertz CT molecular complexity index is 216. The maximum atomic E-state index is 8.96. The highest BCUT2D eigenvalue weighted by molar-refractivity contribution is 4.77. The molecule has 11 heavy (non-hydrogen) atoms. The SMILES string of the molecule is OC1CN(Cn2ccnn2)C1. The van der Waals surface area contributed by atoms with E-state index < -0.39 is 0 Å². The van der Waals surface area contributed by atoms with Crippen LogP contribution in [0.1, 0.15) is 0 Å². The smallest absolute Gasteiger partial charge is 0.0948 e. The third-order valence-corrected chi connectivity index (χ3v) is 1.75. The average molecular weight is 154 g/mol. The summed E-state index contributed by atoms with van der Waals surface area (Å²) in [6, 6.07) is 0. The van der Waals surface area contributed by atoms with Gasteiger partial charge in [-0.2, -0.15) is 0 Å². The number of hydrogen-bond acceptors (Lipinski definition) is 4. The summed E-state index contributed by atoms with van der Waals surface area (Å²) in [5.41, 5.74) is 0. The van der Waals surface area contributed by atoms with Gasteiger partial charge in [0.15, 0.2) is 0 Å². The number of aromatic nitrogens is 3. The number of rotatable bonds is 2. The summed E-state index contributed by atoms with van der Waals surface area (Å²) < 4.78 is 1.74. The predicted molar refractivity (Wildman–Crippen MR) is 37.6 cm³/mol. The van der Waals surface area contributed by atoms with Crippen molar-refractivity contribution < 1.29 is 5.11 Å². The van der Waals surface area contributed by atoms with Crippen LogP contribution in [-0.2, 0) is 6.67 Å². The average Bonchev–Trinajstić information content (AvgIpc) is 2.36. The molecule has 1 aromatic rings. The lowest BCUT2D eigenvalue weighted by Gasteiger charge is -2.35. The summed E-state index contributed by atoms with van der Waals surface area (Å²) in [4.78, 5) is 2.10. The van der Waals surface area contributed by atoms with Gasteiger partial charge in [-0.1, -0.05) is 5.21 Å². The quantitative estimate of drug-likeness (QED) is 0.588. The van der Waals surface area contributed by atoms with Gasteiger partial charge in [0.25, 0.3) is 0 Å². The second-order valence-corrected chi connectivity index (χ2v) is 2.77. The number of nitrogens with zero attached hydrogens (tertiary/aromatic N) is 4. The Kier molecular flexibility index (Phi) is 1.59. The lowest BCUT2D eigenvalue weighted by atomic mass is 10.2. The first-order valence-electron chi connectivity index (χ1n) is 3.59. The van der Waals surface area contributed by atoms with E-state index in [4.69, 9.17) is 5.11 Å². The summed E-state index contributed by atoms with van der Waals surface area (Å²) >= 11 is 0. The van der Waals surface area contributed by atoms with E-state index in [1.54, 1.807) is 10.9 Å². The minimum Gasteiger partial charge on any atom is -0.390 e. The second-order valence-electron chi connectivity index (χ2n) is 2.77. The maximum Gasteiger partial charge on any atom is 0.0948 e. The van der Waals surface area contributed by atoms with Crippen molar-refractivity contribution in [2.45, 2.75) is 12.8 Å². The van der Waals surface area contributed by atoms with Crippen molar-refractivity contribution in [2.24, 2.45) is 0 Å². The first-order valence-corrected chi connectivity index (χ1v) is 3.59. The Morgan fingerprint density at radius 3 is 2.91 bits per heavy atom. The van der Waals surface area contributed by atoms with Gasteiger partial charge in [-0.25, -0.2) is 4.68 Å². The molecule has 1 N–H and O–H groups in total. The van der Waals surface area contributed by atoms with Gasteiger partial charge in [0.1, 0.15) is 0 Å². The van der Waals surface area contributed by atoms with Crippen molar-refractivity contribution in [3.8, 4) is 0 Å². The molecule has 0 aromatic carbocycles. The fraction of sp³-hybridized carbons (Fsp3) is 0.667. The molecule has 1 aliphatic heterocycles. The highest BCUT2D eigenvalue weighted by Crippen LogP contribution is 2.07. The molecular formula is C6H10N4O. The van der Waals surface area contributed by atoms with Crippen molar-refractivity contribution >= 4 is 0 Å². The molecule has 0 aliphatic carbocycles. The van der Waals surface area contributed by atoms with Gasteiger partial charge in [0.2, 0.25) is 0 Å². The molecular weight excluding hydrogens is 144 g/mol. The molecule has 0 unspecified atom stereocenters. The van der Waals surface area contributed by atoms with Gasteiger partial charge in [-0.3, -0.25) is 4.90 Å². The maximum absolute atomic E-state index is 8.96. The largest absolute Gasteiger partial charge is 0.390 e. The first kappa shape index (κ1) is 6.75. The highest BCUT2D eigenvalue weighted by Gasteiger charge is 2.23. The van der Waals surface area contributed by atoms with E-state index in [1.807, 2.05) is 6.20 Å². The van der Waals surface area contributed by atoms with Gasteiger partial charge in [-0.05, 0) is 0 Å². The summed E-state index contributed by atoms with van der Waals surface area (Å²) in [7, 11) is 0. The normalized spacial score (nSPS) is 20.1. The number of aliphatic hydroxyl groups excluding tert-OH is 1. The standard InChI is InChI=1S/C6H10N4O/c11-6-3-9(4-6)5-10-2-1-7-8-10/h1-2,6,11H,3-5H2. The fourth-order valence-corrected chi connectivity index (χ4v) is 1.17. The van der Waals surface area contributed by atoms with Crippen LogP contribution in [0.15, 0.2) is 12.4 Å². The van der Waals surface area contributed by atoms with Crippen LogP contribution in [0.5, 0.6) is 0 Å². The van der Waals surface area contributed by atoms with Crippen molar-refractivity contribution in [1.29, 1.82) is 0 Å². The van der Waals surface area contributed by atoms with E-state index in [2.05, 4.69) is 15.2 Å². The lowest BCUT2D eigenvalue weighted by Crippen LogP contribution is -2.50. The summed E-state index contributed by atoms with van der Waals surface area (Å²) in [6.07, 6.45) is 3.32. The van der Waals surface area contributed by atoms with E-state index >= 15 is 0 Å². The monoisotopic (exact) mass is 154 g/mol. The Balaban J connectivity index is 1.84. The van der Waals surface area contributed by atoms with Crippen LogP contribution in [0.25, 0.3) is 0 Å². The van der Waals surface area contributed by atoms with E-state index in [0.29, 0.717) is 0 Å². The molecule has 1 aromatic heterocycles. The molecule has 1 saturated heterocycles. The third-order valence-electron chi connectivity index (χ3n) is 1.75. The van der Waals surface area contributed by atoms with Crippen LogP contribution in [0, 0.1) is 0 Å². The van der Waals surface area contributed by atoms with Gasteiger partial charge in [0, 0.05) is 19.3 Å². The van der Waals surface area contributed by atoms with E-state index in [9.17, 15) is 0 Å². The zero-order valence-electron chi connectivity index (χ0n) is 6.09. The number of β-amino-alcohol motifs (C(OH)–C–C–N with tert-alkyl or cyclic N) is 1. The highest BCUT2D eigenvalue weighted by atomic mass is 16.3. The van der Waals surface area contributed by atoms with Gasteiger partial charge in [-0.15, -0.1) is 5.10 Å². The van der Waals surface area contributed by atoms with Crippen LogP contribution >= 0.6 is 0 Å². The van der Waals surface area contributed by atoms with Gasteiger partial charge >= 0.3 is 0 Å². The minimum absolute atomic E-state index is 0.140. The molecule has 60 valence electrons. The molecule has 0 saturated carbocycles. The minimum atomic E-state index is -0.140. The van der Waals surface area contributed by atoms with Crippen molar-refractivity contribution in [2.75, 3.05) is 13.1 Å². The number of likely N-dealkylation sites (tertiary alicyclic amines) is 1. The molecule has 2 rings (SSSR count). The Hall–Kier alpha value is -0.940. The van der Waals surface area contributed by atoms with Crippen LogP contribution in [0.4, 0.5) is 0 Å². The molecule has 0 atom stereocenters. The van der Waals surface area contributed by atoms with Crippen LogP contribution in [0.2, 0.25) is 0 Å². The van der Waals surface area contributed by atoms with Crippen molar-refractivity contribution in [3.63, 3.8) is 0 Å². The molecule has 1 fully saturated rings. The van der Waals surface area contributed by atoms with E-state index in [-0.39, 0.29) is 6.10 Å². The first-order chi connectivity index (χ1) is 5.34. The summed E-state index contributed by atoms with van der Waals surface area (Å²) in [6.45, 7) is 2.23. The molecule has 0 spiro atoms. The Morgan fingerprint density at radius 2 is 2.36 bits per heavy atom. The topological polar surface area (TPSA) is 54.2 Å². The summed E-state index contributed by atoms with van der Waals surface area (Å²) in [5.74, 6) is 0. The lowest BCUT2D eigenvalue weighted by molar-refractivity contribution is -0.0191. The molecule has 0 amide bonds. The van der Waals surface area contributed by atoms with Gasteiger partial charge < -0.3 is 5.11 Å². The predicted octanol–water partition coefficient (Wildman–Crippen LogP) is -1.09. The molecule has 0 bridgehead atoms. The van der Waals surface area contributed by atoms with Crippen molar-refractivity contribution in [1.82, 2.24) is 19.9 Å². The molecule has 5 nitrogen and oxygen atoms in total. The Morgan fingerprint density at radius 1 is 1.55 bits per heavy atom. The van der Waals surface area contributed by atoms with E-state index in [0.717, 1.165) is 19.8 Å². The number of hydrogen-bond donors (Lipinski definition) is 1. The molecule has 2 heterocycles. The van der Waals surface area contributed by atoms with Crippen molar-refractivity contribution in [3.05, 3.63) is 12.4 Å². The number of aliphatic hydroxyl groups is 1. The zero-order valence-corrected chi connectivity index (χ0v) is 6.09. The van der Waals surface area contributed by atoms with Gasteiger partial charge in [0.05, 0.1) is 19.0 Å². The molecule has 5 heteroatoms. The van der Waals surface area contributed by atoms with Crippen LogP contribution < -0.4 is 0 Å². The van der Waals surface area contributed by atoms with Crippen LogP contribution in [0.3, 0.4) is 0 Å². The third kappa shape index (κ3) is 1.38. The second kappa shape index (κ2) is 2.60. The Labute approximate surface area is 64.2 Å². The fourth-order valence-electron chi connectivity index (χ4n) is 1.17. The van der Waals surface area contributed by atoms with E-state index in [1.165, 1.54) is 0 Å². The molecule has 0 radical (unpaired) electrons. The zero-order chi connectivity index (χ0) is 7.68. The summed E-state index contributed by atoms with van der Waals surface area (Å²) in [5, 5.41) is 16.4.